The van der Waals surface area contributed by atoms with Crippen LogP contribution < -0.4 is 15.4 Å². The van der Waals surface area contributed by atoms with Gasteiger partial charge < -0.3 is 20.1 Å². The fourth-order valence-corrected chi connectivity index (χ4v) is 2.61. The topological polar surface area (TPSA) is 59.6 Å². The molecule has 2 amide bonds. The van der Waals surface area contributed by atoms with E-state index in [4.69, 9.17) is 9.47 Å². The van der Waals surface area contributed by atoms with Crippen LogP contribution in [0.5, 0.6) is 5.75 Å². The summed E-state index contributed by atoms with van der Waals surface area (Å²) in [6.07, 6.45) is 1.87. The van der Waals surface area contributed by atoms with Gasteiger partial charge in [-0.2, -0.15) is 0 Å². The van der Waals surface area contributed by atoms with Crippen LogP contribution in [0.15, 0.2) is 22.7 Å². The van der Waals surface area contributed by atoms with Crippen LogP contribution in [0, 0.1) is 0 Å². The van der Waals surface area contributed by atoms with E-state index in [1.807, 2.05) is 19.1 Å². The van der Waals surface area contributed by atoms with Crippen LogP contribution in [0.4, 0.5) is 10.5 Å². The number of carbonyl (C=O) groups is 1. The number of halogens is 1. The summed E-state index contributed by atoms with van der Waals surface area (Å²) in [6.45, 7) is 2.70. The van der Waals surface area contributed by atoms with Crippen LogP contribution >= 0.6 is 15.9 Å². The fourth-order valence-electron chi connectivity index (χ4n) is 2.25. The van der Waals surface area contributed by atoms with E-state index in [0.717, 1.165) is 17.3 Å². The van der Waals surface area contributed by atoms with E-state index < -0.39 is 0 Å². The number of ether oxygens (including phenoxy) is 2. The van der Waals surface area contributed by atoms with Crippen LogP contribution in [-0.4, -0.2) is 31.9 Å². The van der Waals surface area contributed by atoms with E-state index in [2.05, 4.69) is 26.6 Å². The van der Waals surface area contributed by atoms with Gasteiger partial charge >= 0.3 is 6.03 Å². The van der Waals surface area contributed by atoms with E-state index in [-0.39, 0.29) is 18.2 Å². The molecule has 1 fully saturated rings. The second-order valence-corrected chi connectivity index (χ2v) is 5.76. The first-order chi connectivity index (χ1) is 9.58. The molecule has 6 heteroatoms. The molecule has 0 bridgehead atoms. The zero-order valence-corrected chi connectivity index (χ0v) is 13.2. The molecule has 0 saturated carbocycles. The Balaban J connectivity index is 1.95. The Bertz CT molecular complexity index is 481. The maximum atomic E-state index is 12.0. The summed E-state index contributed by atoms with van der Waals surface area (Å²) in [4.78, 5) is 12.0. The largest absolute Gasteiger partial charge is 0.495 e. The van der Waals surface area contributed by atoms with Gasteiger partial charge in [0.25, 0.3) is 0 Å². The molecular weight excluding hydrogens is 324 g/mol. The van der Waals surface area contributed by atoms with Crippen LogP contribution in [0.1, 0.15) is 19.8 Å². The molecular formula is C14H19BrN2O3. The van der Waals surface area contributed by atoms with E-state index >= 15 is 0 Å². The molecule has 1 aliphatic rings. The standard InChI is InChI=1S/C14H19BrN2O3/c1-9-7-11(5-6-20-9)16-14(18)17-12-8-10(15)3-4-13(12)19-2/h3-4,8-9,11H,5-7H2,1-2H3,(H2,16,17,18)/t9-,11+/m1/s1. The number of benzene rings is 1. The van der Waals surface area contributed by atoms with Gasteiger partial charge in [-0.05, 0) is 38.0 Å². The van der Waals surface area contributed by atoms with E-state index in [1.165, 1.54) is 0 Å². The third kappa shape index (κ3) is 4.11. The number of rotatable bonds is 3. The first-order valence-electron chi connectivity index (χ1n) is 6.61. The number of carbonyl (C=O) groups excluding carboxylic acids is 1. The molecule has 20 heavy (non-hydrogen) atoms. The van der Waals surface area contributed by atoms with Crippen LogP contribution in [0.25, 0.3) is 0 Å². The molecule has 2 rings (SSSR count). The van der Waals surface area contributed by atoms with Crippen molar-refractivity contribution in [3.05, 3.63) is 22.7 Å². The normalized spacial score (nSPS) is 22.1. The molecule has 1 saturated heterocycles. The first-order valence-corrected chi connectivity index (χ1v) is 7.40. The van der Waals surface area contributed by atoms with Crippen molar-refractivity contribution in [2.45, 2.75) is 31.9 Å². The summed E-state index contributed by atoms with van der Waals surface area (Å²) in [5.41, 5.74) is 0.638. The predicted molar refractivity (Wildman–Crippen MR) is 81.3 cm³/mol. The minimum Gasteiger partial charge on any atom is -0.495 e. The molecule has 1 heterocycles. The SMILES string of the molecule is COc1ccc(Br)cc1NC(=O)N[C@H]1CCO[C@H](C)C1. The number of nitrogens with one attached hydrogen (secondary N) is 2. The van der Waals surface area contributed by atoms with Crippen molar-refractivity contribution in [2.24, 2.45) is 0 Å². The second-order valence-electron chi connectivity index (χ2n) is 4.85. The van der Waals surface area contributed by atoms with Crippen LogP contribution in [0.3, 0.4) is 0 Å². The summed E-state index contributed by atoms with van der Waals surface area (Å²) in [5, 5.41) is 5.79. The average Bonchev–Trinajstić information content (AvgIpc) is 2.38. The minimum atomic E-state index is -0.222. The Labute approximate surface area is 127 Å². The van der Waals surface area contributed by atoms with Gasteiger partial charge in [0.1, 0.15) is 5.75 Å². The average molecular weight is 343 g/mol. The van der Waals surface area contributed by atoms with Crippen molar-refractivity contribution in [1.82, 2.24) is 5.32 Å². The highest BCUT2D eigenvalue weighted by molar-refractivity contribution is 9.10. The molecule has 0 radical (unpaired) electrons. The molecule has 0 spiro atoms. The summed E-state index contributed by atoms with van der Waals surface area (Å²) >= 11 is 3.38. The van der Waals surface area contributed by atoms with Gasteiger partial charge in [0.2, 0.25) is 0 Å². The van der Waals surface area contributed by atoms with Crippen LogP contribution in [-0.2, 0) is 4.74 Å². The van der Waals surface area contributed by atoms with Gasteiger partial charge in [-0.15, -0.1) is 0 Å². The number of methoxy groups -OCH3 is 1. The lowest BCUT2D eigenvalue weighted by molar-refractivity contribution is 0.0157. The Morgan fingerprint density at radius 3 is 3.00 bits per heavy atom. The maximum absolute atomic E-state index is 12.0. The van der Waals surface area contributed by atoms with Crippen molar-refractivity contribution in [3.63, 3.8) is 0 Å². The summed E-state index contributed by atoms with van der Waals surface area (Å²) in [7, 11) is 1.58. The molecule has 1 aromatic rings. The minimum absolute atomic E-state index is 0.150. The zero-order chi connectivity index (χ0) is 14.5. The monoisotopic (exact) mass is 342 g/mol. The fraction of sp³-hybridized carbons (Fsp3) is 0.500. The lowest BCUT2D eigenvalue weighted by atomic mass is 10.0. The van der Waals surface area contributed by atoms with Gasteiger partial charge in [-0.3, -0.25) is 0 Å². The number of anilines is 1. The van der Waals surface area contributed by atoms with Gasteiger partial charge in [0, 0.05) is 17.1 Å². The summed E-state index contributed by atoms with van der Waals surface area (Å²) in [6, 6.07) is 5.40. The van der Waals surface area contributed by atoms with Crippen LogP contribution in [0.2, 0.25) is 0 Å². The molecule has 1 aliphatic heterocycles. The van der Waals surface area contributed by atoms with Crippen molar-refractivity contribution in [2.75, 3.05) is 19.0 Å². The number of hydrogen-bond acceptors (Lipinski definition) is 3. The summed E-state index contributed by atoms with van der Waals surface area (Å²) in [5.74, 6) is 0.628. The smallest absolute Gasteiger partial charge is 0.319 e. The highest BCUT2D eigenvalue weighted by Crippen LogP contribution is 2.27. The Morgan fingerprint density at radius 1 is 1.50 bits per heavy atom. The Kier molecular flexibility index (Phi) is 5.25. The Morgan fingerprint density at radius 2 is 2.30 bits per heavy atom. The van der Waals surface area contributed by atoms with Crippen molar-refractivity contribution < 1.29 is 14.3 Å². The number of hydrogen-bond donors (Lipinski definition) is 2. The lowest BCUT2D eigenvalue weighted by Crippen LogP contribution is -2.43. The molecule has 0 unspecified atom stereocenters. The van der Waals surface area contributed by atoms with Gasteiger partial charge in [-0.25, -0.2) is 4.79 Å². The molecule has 1 aromatic carbocycles. The maximum Gasteiger partial charge on any atom is 0.319 e. The summed E-state index contributed by atoms with van der Waals surface area (Å²) < 4.78 is 11.6. The highest BCUT2D eigenvalue weighted by Gasteiger charge is 2.21. The van der Waals surface area contributed by atoms with E-state index in [1.54, 1.807) is 13.2 Å². The van der Waals surface area contributed by atoms with Gasteiger partial charge in [0.05, 0.1) is 18.9 Å². The predicted octanol–water partition coefficient (Wildman–Crippen LogP) is 3.15. The highest BCUT2D eigenvalue weighted by atomic mass is 79.9. The quantitative estimate of drug-likeness (QED) is 0.886. The Hall–Kier alpha value is -1.27. The first kappa shape index (κ1) is 15.1. The zero-order valence-electron chi connectivity index (χ0n) is 11.6. The molecule has 5 nitrogen and oxygen atoms in total. The van der Waals surface area contributed by atoms with E-state index in [9.17, 15) is 4.79 Å². The third-order valence-corrected chi connectivity index (χ3v) is 3.72. The van der Waals surface area contributed by atoms with Crippen molar-refractivity contribution in [3.8, 4) is 5.75 Å². The van der Waals surface area contributed by atoms with E-state index in [0.29, 0.717) is 18.0 Å². The number of amides is 2. The molecule has 110 valence electrons. The molecule has 0 aromatic heterocycles. The van der Waals surface area contributed by atoms with Crippen molar-refractivity contribution in [1.29, 1.82) is 0 Å². The second kappa shape index (κ2) is 6.95. The third-order valence-electron chi connectivity index (χ3n) is 3.23. The molecule has 2 atom stereocenters. The molecule has 2 N–H and O–H groups in total. The lowest BCUT2D eigenvalue weighted by Gasteiger charge is -2.28. The number of urea groups is 1. The van der Waals surface area contributed by atoms with Gasteiger partial charge in [0.15, 0.2) is 0 Å². The van der Waals surface area contributed by atoms with Gasteiger partial charge in [-0.1, -0.05) is 15.9 Å². The molecule has 0 aliphatic carbocycles. The van der Waals surface area contributed by atoms with Crippen molar-refractivity contribution >= 4 is 27.6 Å².